The summed E-state index contributed by atoms with van der Waals surface area (Å²) in [5.74, 6) is -0.842. The van der Waals surface area contributed by atoms with Gasteiger partial charge in [0.15, 0.2) is 0 Å². The number of allylic oxidation sites excluding steroid dienone is 2. The minimum absolute atomic E-state index is 0.00752. The second-order valence-electron chi connectivity index (χ2n) is 18.9. The van der Waals surface area contributed by atoms with Crippen LogP contribution in [0.25, 0.3) is 0 Å². The third-order valence-electron chi connectivity index (χ3n) is 10.7. The van der Waals surface area contributed by atoms with Crippen LogP contribution in [-0.4, -0.2) is 87.1 Å². The molecule has 62 heavy (non-hydrogen) atoms. The first-order valence-corrected chi connectivity index (χ1v) is 25.2. The fourth-order valence-corrected chi connectivity index (χ4v) is 8.19. The highest BCUT2D eigenvalue weighted by Crippen LogP contribution is 2.38. The zero-order valence-electron chi connectivity index (χ0n) is 39.8. The average molecular weight is 994 g/mol. The standard InChI is InChI=1S/C47H72IN3O10Si/c1-29(24-31(3)43(54)58-28-35-17-20-37(57-14)21-18-35)23-30(2)25-32(4)59-44(55)34(6)49-41(52)39(51(13)42(53)33(5)50-45(56)60-46(7,8)9)27-36-19-22-40(38(48)26-36)61-62(15,16)47(10,11)12/h17-23,26,30-34,39H,24-25,27-28H2,1-16H3,(H,49,52)(H,50,56)/b29-23+/t30-,31-,32-,33-,34-,39+/m0/s1. The summed E-state index contributed by atoms with van der Waals surface area (Å²) in [5.41, 5.74) is 1.88. The second kappa shape index (κ2) is 23.5. The number of carbonyl (C=O) groups is 5. The number of ether oxygens (including phenoxy) is 4. The number of nitrogens with one attached hydrogen (secondary N) is 2. The summed E-state index contributed by atoms with van der Waals surface area (Å²) in [7, 11) is 0.959. The maximum Gasteiger partial charge on any atom is 0.408 e. The molecule has 15 heteroatoms. The Hall–Kier alpha value is -4.12. The number of benzene rings is 2. The van der Waals surface area contributed by atoms with Gasteiger partial charge in [-0.2, -0.15) is 0 Å². The van der Waals surface area contributed by atoms with Crippen molar-refractivity contribution in [3.05, 3.63) is 68.8 Å². The van der Waals surface area contributed by atoms with Crippen molar-refractivity contribution in [1.82, 2.24) is 15.5 Å². The third-order valence-corrected chi connectivity index (χ3v) is 15.9. The summed E-state index contributed by atoms with van der Waals surface area (Å²) in [6.45, 7) is 26.8. The lowest BCUT2D eigenvalue weighted by Crippen LogP contribution is -2.56. The van der Waals surface area contributed by atoms with Gasteiger partial charge < -0.3 is 38.9 Å². The highest BCUT2D eigenvalue weighted by Gasteiger charge is 2.39. The number of carbonyl (C=O) groups excluding carboxylic acids is 5. The van der Waals surface area contributed by atoms with Crippen LogP contribution in [0.5, 0.6) is 11.5 Å². The highest BCUT2D eigenvalue weighted by molar-refractivity contribution is 14.1. The number of likely N-dealkylation sites (N-methyl/N-ethyl adjacent to an activating group) is 1. The molecule has 2 rings (SSSR count). The monoisotopic (exact) mass is 993 g/mol. The summed E-state index contributed by atoms with van der Waals surface area (Å²) in [6.07, 6.45) is 1.96. The van der Waals surface area contributed by atoms with Crippen molar-refractivity contribution in [2.75, 3.05) is 14.2 Å². The van der Waals surface area contributed by atoms with Gasteiger partial charge in [0, 0.05) is 13.5 Å². The van der Waals surface area contributed by atoms with Gasteiger partial charge in [-0.15, -0.1) is 0 Å². The summed E-state index contributed by atoms with van der Waals surface area (Å²) in [6, 6.07) is 9.93. The minimum Gasteiger partial charge on any atom is -0.543 e. The lowest BCUT2D eigenvalue weighted by molar-refractivity contribution is -0.153. The van der Waals surface area contributed by atoms with E-state index in [9.17, 15) is 24.0 Å². The van der Waals surface area contributed by atoms with E-state index in [0.717, 1.165) is 31.8 Å². The number of alkyl carbamates (subject to hydrolysis) is 1. The molecule has 13 nitrogen and oxygen atoms in total. The zero-order chi connectivity index (χ0) is 47.3. The molecule has 0 aliphatic heterocycles. The van der Waals surface area contributed by atoms with Crippen molar-refractivity contribution in [3.63, 3.8) is 0 Å². The van der Waals surface area contributed by atoms with Crippen LogP contribution in [0.15, 0.2) is 54.1 Å². The van der Waals surface area contributed by atoms with E-state index in [0.29, 0.717) is 12.8 Å². The van der Waals surface area contributed by atoms with Crippen LogP contribution in [0.2, 0.25) is 18.1 Å². The Labute approximate surface area is 385 Å². The summed E-state index contributed by atoms with van der Waals surface area (Å²) in [5, 5.41) is 5.32. The predicted molar refractivity (Wildman–Crippen MR) is 253 cm³/mol. The van der Waals surface area contributed by atoms with E-state index in [4.69, 9.17) is 23.4 Å². The molecule has 0 aromatic heterocycles. The molecule has 0 radical (unpaired) electrons. The quantitative estimate of drug-likeness (QED) is 0.0431. The van der Waals surface area contributed by atoms with Gasteiger partial charge in [-0.1, -0.05) is 64.5 Å². The van der Waals surface area contributed by atoms with Gasteiger partial charge in [-0.25, -0.2) is 9.59 Å². The molecular weight excluding hydrogens is 922 g/mol. The molecule has 0 aliphatic carbocycles. The van der Waals surface area contributed by atoms with Crippen LogP contribution < -0.4 is 19.8 Å². The first-order chi connectivity index (χ1) is 28.5. The topological polar surface area (TPSA) is 159 Å². The van der Waals surface area contributed by atoms with E-state index in [1.54, 1.807) is 34.8 Å². The van der Waals surface area contributed by atoms with Crippen LogP contribution in [0.1, 0.15) is 107 Å². The number of esters is 2. The number of methoxy groups -OCH3 is 1. The fraction of sp³-hybridized carbons (Fsp3) is 0.596. The first kappa shape index (κ1) is 54.0. The number of halogens is 1. The van der Waals surface area contributed by atoms with Crippen molar-refractivity contribution in [3.8, 4) is 11.5 Å². The van der Waals surface area contributed by atoms with E-state index in [-0.39, 0.29) is 35.9 Å². The van der Waals surface area contributed by atoms with Gasteiger partial charge in [0.05, 0.1) is 22.7 Å². The normalized spacial score (nSPS) is 15.1. The number of hydrogen-bond acceptors (Lipinski definition) is 10. The molecular formula is C47H72IN3O10Si. The molecule has 0 fully saturated rings. The molecule has 2 aromatic carbocycles. The Bertz CT molecular complexity index is 1870. The third kappa shape index (κ3) is 17.9. The fourth-order valence-electron chi connectivity index (χ4n) is 6.26. The van der Waals surface area contributed by atoms with Crippen LogP contribution in [0.3, 0.4) is 0 Å². The van der Waals surface area contributed by atoms with Gasteiger partial charge in [0.25, 0.3) is 8.32 Å². The van der Waals surface area contributed by atoms with Crippen LogP contribution >= 0.6 is 22.6 Å². The highest BCUT2D eigenvalue weighted by atomic mass is 127. The van der Waals surface area contributed by atoms with Crippen LogP contribution in [-0.2, 0) is 46.4 Å². The van der Waals surface area contributed by atoms with Gasteiger partial charge in [0.1, 0.15) is 41.8 Å². The smallest absolute Gasteiger partial charge is 0.408 e. The Morgan fingerprint density at radius 1 is 0.855 bits per heavy atom. The lowest BCUT2D eigenvalue weighted by atomic mass is 9.96. The van der Waals surface area contributed by atoms with Crippen molar-refractivity contribution in [1.29, 1.82) is 0 Å². The van der Waals surface area contributed by atoms with Gasteiger partial charge in [-0.3, -0.25) is 14.4 Å². The molecule has 0 saturated carbocycles. The van der Waals surface area contributed by atoms with Gasteiger partial charge >= 0.3 is 18.0 Å². The van der Waals surface area contributed by atoms with E-state index in [1.807, 2.05) is 63.2 Å². The molecule has 0 aliphatic rings. The van der Waals surface area contributed by atoms with Gasteiger partial charge in [0.2, 0.25) is 11.8 Å². The van der Waals surface area contributed by atoms with Crippen molar-refractivity contribution >= 4 is 60.8 Å². The predicted octanol–water partition coefficient (Wildman–Crippen LogP) is 9.15. The molecule has 346 valence electrons. The van der Waals surface area contributed by atoms with Crippen LogP contribution in [0, 0.1) is 15.4 Å². The number of nitrogens with zero attached hydrogens (tertiary/aromatic N) is 1. The van der Waals surface area contributed by atoms with E-state index >= 15 is 0 Å². The Morgan fingerprint density at radius 3 is 2.00 bits per heavy atom. The average Bonchev–Trinajstić information content (AvgIpc) is 3.14. The Morgan fingerprint density at radius 2 is 1.45 bits per heavy atom. The maximum atomic E-state index is 14.1. The maximum absolute atomic E-state index is 14.1. The molecule has 0 unspecified atom stereocenters. The molecule has 3 amide bonds. The van der Waals surface area contributed by atoms with Crippen LogP contribution in [0.4, 0.5) is 4.79 Å². The largest absolute Gasteiger partial charge is 0.543 e. The summed E-state index contributed by atoms with van der Waals surface area (Å²) >= 11 is 2.22. The SMILES string of the molecule is COc1ccc(COC(=O)[C@@H](C)C/C(C)=C/[C@H](C)C[C@H](C)OC(=O)[C@H](C)NC(=O)[C@@H](Cc2ccc(O[Si](C)(C)C(C)(C)C)c(I)c2)N(C)C(=O)[C@H](C)NC(=O)OC(C)(C)C)cc1. The summed E-state index contributed by atoms with van der Waals surface area (Å²) < 4.78 is 29.2. The number of amides is 3. The lowest BCUT2D eigenvalue weighted by Gasteiger charge is -2.36. The molecule has 0 spiro atoms. The molecule has 0 saturated heterocycles. The number of hydrogen-bond donors (Lipinski definition) is 2. The molecule has 0 bridgehead atoms. The molecule has 2 aromatic rings. The second-order valence-corrected chi connectivity index (χ2v) is 24.8. The first-order valence-electron chi connectivity index (χ1n) is 21.2. The van der Waals surface area contributed by atoms with E-state index in [1.165, 1.54) is 25.8 Å². The minimum atomic E-state index is -2.13. The van der Waals surface area contributed by atoms with Crippen molar-refractivity contribution in [2.24, 2.45) is 11.8 Å². The molecule has 0 heterocycles. The van der Waals surface area contributed by atoms with E-state index < -0.39 is 62.0 Å². The van der Waals surface area contributed by atoms with Gasteiger partial charge in [-0.05, 0) is 143 Å². The molecule has 6 atom stereocenters. The number of rotatable bonds is 20. The summed E-state index contributed by atoms with van der Waals surface area (Å²) in [4.78, 5) is 67.6. The van der Waals surface area contributed by atoms with E-state index in [2.05, 4.69) is 73.2 Å². The Kier molecular flexibility index (Phi) is 20.5. The van der Waals surface area contributed by atoms with Crippen molar-refractivity contribution in [2.45, 2.75) is 157 Å². The Balaban J connectivity index is 2.13. The van der Waals surface area contributed by atoms with Crippen molar-refractivity contribution < 1.29 is 47.3 Å². The zero-order valence-corrected chi connectivity index (χ0v) is 43.0. The molecule has 2 N–H and O–H groups in total.